The summed E-state index contributed by atoms with van der Waals surface area (Å²) >= 11 is 0. The van der Waals surface area contributed by atoms with Gasteiger partial charge in [0.1, 0.15) is 11.6 Å². The number of anilines is 2. The summed E-state index contributed by atoms with van der Waals surface area (Å²) in [6.07, 6.45) is 1.92. The van der Waals surface area contributed by atoms with Gasteiger partial charge in [-0.3, -0.25) is 19.7 Å². The van der Waals surface area contributed by atoms with Crippen LogP contribution in [0.5, 0.6) is 5.75 Å². The third-order valence-electron chi connectivity index (χ3n) is 6.78. The predicted octanol–water partition coefficient (Wildman–Crippen LogP) is 4.89. The molecule has 0 atom stereocenters. The third-order valence-corrected chi connectivity index (χ3v) is 6.78. The fourth-order valence-corrected chi connectivity index (χ4v) is 4.68. The third kappa shape index (κ3) is 5.39. The van der Waals surface area contributed by atoms with Crippen molar-refractivity contribution >= 4 is 34.3 Å². The summed E-state index contributed by atoms with van der Waals surface area (Å²) in [5, 5.41) is 20.3. The number of methoxy groups -OCH3 is 1. The average Bonchev–Trinajstić information content (AvgIpc) is 3.11. The second kappa shape index (κ2) is 11.0. The molecule has 2 aliphatic rings. The van der Waals surface area contributed by atoms with Gasteiger partial charge in [0.05, 0.1) is 29.8 Å². The Hall–Kier alpha value is -5.06. The van der Waals surface area contributed by atoms with Crippen molar-refractivity contribution in [3.05, 3.63) is 110 Å². The highest BCUT2D eigenvalue weighted by Gasteiger charge is 2.26. The number of nitro benzene ring substituents is 1. The Morgan fingerprint density at radius 3 is 2.60 bits per heavy atom. The van der Waals surface area contributed by atoms with Gasteiger partial charge in [0, 0.05) is 42.4 Å². The van der Waals surface area contributed by atoms with E-state index < -0.39 is 22.5 Å². The van der Waals surface area contributed by atoms with E-state index in [9.17, 15) is 28.5 Å². The van der Waals surface area contributed by atoms with E-state index in [1.54, 1.807) is 24.3 Å². The first-order chi connectivity index (χ1) is 19.2. The number of ketones is 1. The number of fused-ring (bicyclic) bond motifs is 1. The van der Waals surface area contributed by atoms with E-state index in [2.05, 4.69) is 16.0 Å². The molecule has 0 radical (unpaired) electrons. The Bertz CT molecular complexity index is 1600. The maximum absolute atomic E-state index is 13.9. The van der Waals surface area contributed by atoms with E-state index in [1.165, 1.54) is 25.3 Å². The molecule has 1 amide bonds. The Balaban J connectivity index is 1.35. The highest BCUT2D eigenvalue weighted by atomic mass is 19.1. The number of allylic oxidation sites excluding steroid dienone is 2. The summed E-state index contributed by atoms with van der Waals surface area (Å²) in [6, 6.07) is 13.3. The van der Waals surface area contributed by atoms with Crippen LogP contribution in [0.25, 0.3) is 5.57 Å². The van der Waals surface area contributed by atoms with Gasteiger partial charge >= 0.3 is 5.69 Å². The maximum atomic E-state index is 13.9. The second-order valence-corrected chi connectivity index (χ2v) is 9.32. The van der Waals surface area contributed by atoms with Crippen molar-refractivity contribution < 1.29 is 28.0 Å². The molecule has 5 rings (SSSR count). The predicted molar refractivity (Wildman–Crippen MR) is 145 cm³/mol. The normalized spacial score (nSPS) is 14.2. The van der Waals surface area contributed by atoms with Crippen LogP contribution in [-0.2, 0) is 22.6 Å². The van der Waals surface area contributed by atoms with Gasteiger partial charge in [0.2, 0.25) is 5.91 Å². The molecule has 0 bridgehead atoms. The van der Waals surface area contributed by atoms with Crippen LogP contribution in [0.4, 0.5) is 25.8 Å². The lowest BCUT2D eigenvalue weighted by Crippen LogP contribution is -2.25. The highest BCUT2D eigenvalue weighted by Crippen LogP contribution is 2.37. The number of rotatable bonds is 7. The fourth-order valence-electron chi connectivity index (χ4n) is 4.68. The highest BCUT2D eigenvalue weighted by molar-refractivity contribution is 6.07. The monoisotopic (exact) mass is 546 g/mol. The quantitative estimate of drug-likeness (QED) is 0.285. The SMILES string of the molecule is COc1cc(C2=CC3=C(CNc4ccc(CC(=O)NCc5c(F)cccc5F)cc4N3)C(=O)C2)ccc1[N+](=O)[O-]. The number of Topliss-reactive ketones (excluding diaryl/α,β-unsaturated/α-hetero) is 1. The zero-order chi connectivity index (χ0) is 28.4. The van der Waals surface area contributed by atoms with Gasteiger partial charge in [-0.1, -0.05) is 12.1 Å². The van der Waals surface area contributed by atoms with Gasteiger partial charge in [0.15, 0.2) is 11.5 Å². The molecule has 0 fully saturated rings. The summed E-state index contributed by atoms with van der Waals surface area (Å²) in [4.78, 5) is 36.3. The van der Waals surface area contributed by atoms with Crippen molar-refractivity contribution in [2.45, 2.75) is 19.4 Å². The second-order valence-electron chi connectivity index (χ2n) is 9.32. The number of amides is 1. The number of nitrogens with zero attached hydrogens (tertiary/aromatic N) is 1. The number of carbonyl (C=O) groups is 2. The van der Waals surface area contributed by atoms with Crippen LogP contribution in [0.2, 0.25) is 0 Å². The smallest absolute Gasteiger partial charge is 0.310 e. The van der Waals surface area contributed by atoms with Crippen LogP contribution in [-0.4, -0.2) is 30.3 Å². The molecule has 1 aliphatic carbocycles. The van der Waals surface area contributed by atoms with Crippen LogP contribution in [0.1, 0.15) is 23.1 Å². The van der Waals surface area contributed by atoms with Gasteiger partial charge in [0.25, 0.3) is 0 Å². The standard InChI is InChI=1S/C29H24F2N4O5/c1-40-28-13-17(6-8-26(28)35(38)39)18-11-24-20(27(36)12-18)15-32-23-7-5-16(9-25(23)34-24)10-29(37)33-14-19-21(30)3-2-4-22(19)31/h2-9,11,13,32,34H,10,12,14-15H2,1H3,(H,33,37). The molecule has 0 saturated carbocycles. The topological polar surface area (TPSA) is 123 Å². The van der Waals surface area contributed by atoms with E-state index in [-0.39, 0.29) is 48.7 Å². The Morgan fingerprint density at radius 1 is 1.10 bits per heavy atom. The van der Waals surface area contributed by atoms with Crippen molar-refractivity contribution in [2.75, 3.05) is 24.3 Å². The Morgan fingerprint density at radius 2 is 1.88 bits per heavy atom. The molecule has 3 aromatic rings. The maximum Gasteiger partial charge on any atom is 0.310 e. The first kappa shape index (κ1) is 26.5. The zero-order valence-corrected chi connectivity index (χ0v) is 21.3. The summed E-state index contributed by atoms with van der Waals surface area (Å²) in [7, 11) is 1.35. The van der Waals surface area contributed by atoms with Gasteiger partial charge in [-0.2, -0.15) is 0 Å². The van der Waals surface area contributed by atoms with E-state index in [4.69, 9.17) is 4.74 Å². The molecule has 11 heteroatoms. The van der Waals surface area contributed by atoms with Crippen molar-refractivity contribution in [2.24, 2.45) is 0 Å². The fraction of sp³-hybridized carbons (Fsp3) is 0.172. The number of hydrogen-bond acceptors (Lipinski definition) is 7. The molecule has 1 heterocycles. The molecule has 0 aromatic heterocycles. The average molecular weight is 547 g/mol. The number of hydrogen-bond donors (Lipinski definition) is 3. The Labute approximate surface area is 227 Å². The lowest BCUT2D eigenvalue weighted by molar-refractivity contribution is -0.385. The summed E-state index contributed by atoms with van der Waals surface area (Å²) in [5.41, 5.74) is 4.06. The summed E-state index contributed by atoms with van der Waals surface area (Å²) < 4.78 is 32.9. The largest absolute Gasteiger partial charge is 0.490 e. The van der Waals surface area contributed by atoms with Crippen LogP contribution < -0.4 is 20.7 Å². The number of nitrogens with one attached hydrogen (secondary N) is 3. The summed E-state index contributed by atoms with van der Waals surface area (Å²) in [6.45, 7) is 0.0109. The minimum Gasteiger partial charge on any atom is -0.490 e. The zero-order valence-electron chi connectivity index (χ0n) is 21.3. The van der Waals surface area contributed by atoms with E-state index in [0.29, 0.717) is 33.7 Å². The van der Waals surface area contributed by atoms with E-state index >= 15 is 0 Å². The molecular weight excluding hydrogens is 522 g/mol. The van der Waals surface area contributed by atoms with E-state index in [1.807, 2.05) is 6.08 Å². The molecule has 0 unspecified atom stereocenters. The molecule has 3 N–H and O–H groups in total. The number of halogens is 2. The minimum atomic E-state index is -0.730. The number of ether oxygens (including phenoxy) is 1. The van der Waals surface area contributed by atoms with Crippen molar-refractivity contribution in [3.8, 4) is 5.75 Å². The van der Waals surface area contributed by atoms with Crippen LogP contribution in [0.15, 0.2) is 71.9 Å². The molecular formula is C29H24F2N4O5. The molecule has 0 saturated heterocycles. The van der Waals surface area contributed by atoms with Gasteiger partial charge in [-0.25, -0.2) is 8.78 Å². The molecule has 1 aliphatic heterocycles. The molecule has 3 aromatic carbocycles. The van der Waals surface area contributed by atoms with E-state index in [0.717, 1.165) is 17.8 Å². The minimum absolute atomic E-state index is 0.0282. The van der Waals surface area contributed by atoms with Crippen LogP contribution >= 0.6 is 0 Å². The van der Waals surface area contributed by atoms with Crippen LogP contribution in [0, 0.1) is 21.7 Å². The molecule has 204 valence electrons. The van der Waals surface area contributed by atoms with Crippen molar-refractivity contribution in [3.63, 3.8) is 0 Å². The molecule has 40 heavy (non-hydrogen) atoms. The first-order valence-electron chi connectivity index (χ1n) is 12.4. The number of carbonyl (C=O) groups excluding carboxylic acids is 2. The van der Waals surface area contributed by atoms with Gasteiger partial charge in [-0.15, -0.1) is 0 Å². The van der Waals surface area contributed by atoms with Crippen LogP contribution in [0.3, 0.4) is 0 Å². The number of benzene rings is 3. The molecule has 9 nitrogen and oxygen atoms in total. The van der Waals surface area contributed by atoms with Gasteiger partial charge < -0.3 is 20.7 Å². The Kier molecular flexibility index (Phi) is 7.28. The van der Waals surface area contributed by atoms with Crippen molar-refractivity contribution in [1.82, 2.24) is 5.32 Å². The molecule has 0 spiro atoms. The lowest BCUT2D eigenvalue weighted by atomic mass is 9.90. The summed E-state index contributed by atoms with van der Waals surface area (Å²) in [5.74, 6) is -1.88. The number of nitro groups is 1. The van der Waals surface area contributed by atoms with Gasteiger partial charge in [-0.05, 0) is 59.2 Å². The first-order valence-corrected chi connectivity index (χ1v) is 12.4. The lowest BCUT2D eigenvalue weighted by Gasteiger charge is -2.19. The van der Waals surface area contributed by atoms with Crippen molar-refractivity contribution in [1.29, 1.82) is 0 Å².